The third-order valence-corrected chi connectivity index (χ3v) is 2.98. The van der Waals surface area contributed by atoms with Crippen molar-refractivity contribution in [2.45, 2.75) is 38.7 Å². The van der Waals surface area contributed by atoms with E-state index in [4.69, 9.17) is 9.47 Å². The van der Waals surface area contributed by atoms with Crippen LogP contribution < -0.4 is 5.32 Å². The van der Waals surface area contributed by atoms with Gasteiger partial charge in [0.05, 0.1) is 12.7 Å². The maximum Gasteiger partial charge on any atom is 0.323 e. The molecule has 7 nitrogen and oxygen atoms in total. The number of ether oxygens (including phenoxy) is 2. The highest BCUT2D eigenvalue weighted by molar-refractivity contribution is 5.78. The Morgan fingerprint density at radius 1 is 1.60 bits per heavy atom. The highest BCUT2D eigenvalue weighted by Crippen LogP contribution is 2.26. The van der Waals surface area contributed by atoms with E-state index in [0.29, 0.717) is 24.9 Å². The average molecular weight is 286 g/mol. The molecule has 0 unspecified atom stereocenters. The van der Waals surface area contributed by atoms with Gasteiger partial charge in [-0.05, 0) is 13.8 Å². The molecule has 1 fully saturated rings. The summed E-state index contributed by atoms with van der Waals surface area (Å²) in [6.07, 6.45) is 1.18. The Bertz CT molecular complexity index is 372. The van der Waals surface area contributed by atoms with E-state index in [9.17, 15) is 14.7 Å². The quantitative estimate of drug-likeness (QED) is 0.539. The lowest BCUT2D eigenvalue weighted by atomic mass is 10.2. The van der Waals surface area contributed by atoms with E-state index >= 15 is 0 Å². The van der Waals surface area contributed by atoms with Gasteiger partial charge in [0.1, 0.15) is 12.4 Å². The number of carbonyl (C=O) groups excluding carboxylic acids is 2. The van der Waals surface area contributed by atoms with E-state index in [1.54, 1.807) is 6.92 Å². The lowest BCUT2D eigenvalue weighted by Gasteiger charge is -2.29. The number of hydrogen-bond acceptors (Lipinski definition) is 5. The largest absolute Gasteiger partial charge is 0.394 e. The molecule has 0 saturated carbocycles. The molecule has 1 aliphatic heterocycles. The summed E-state index contributed by atoms with van der Waals surface area (Å²) in [6, 6.07) is -0.403. The monoisotopic (exact) mass is 286 g/mol. The Morgan fingerprint density at radius 3 is 2.80 bits per heavy atom. The lowest BCUT2D eigenvalue weighted by molar-refractivity contribution is -0.105. The van der Waals surface area contributed by atoms with Gasteiger partial charge in [-0.3, -0.25) is 9.69 Å². The predicted molar refractivity (Wildman–Crippen MR) is 71.9 cm³/mol. The van der Waals surface area contributed by atoms with Gasteiger partial charge < -0.3 is 19.9 Å². The zero-order valence-electron chi connectivity index (χ0n) is 12.0. The molecule has 1 rings (SSSR count). The van der Waals surface area contributed by atoms with Crippen molar-refractivity contribution in [2.24, 2.45) is 0 Å². The molecule has 114 valence electrons. The Labute approximate surface area is 118 Å². The molecule has 0 aromatic carbocycles. The highest BCUT2D eigenvalue weighted by Gasteiger charge is 2.40. The molecule has 20 heavy (non-hydrogen) atoms. The number of nitrogens with one attached hydrogen (secondary N) is 1. The second kappa shape index (κ2) is 7.98. The lowest BCUT2D eigenvalue weighted by Crippen LogP contribution is -2.47. The maximum absolute atomic E-state index is 12.0. The van der Waals surface area contributed by atoms with E-state index in [-0.39, 0.29) is 18.8 Å². The predicted octanol–water partition coefficient (Wildman–Crippen LogP) is 0.243. The third kappa shape index (κ3) is 4.03. The standard InChI is InChI=1S/C13H22N2O5/c1-4-19-11-5-10(8-17)20-12(11)15(13(18)14-3)6-9(2)7-16/h6-7,10-12,17H,4-5,8H2,1-3H3,(H,14,18)/b9-6-/t10-,11+,12+/m0/s1. The van der Waals surface area contributed by atoms with Crippen LogP contribution in [0.1, 0.15) is 20.3 Å². The number of urea groups is 1. The van der Waals surface area contributed by atoms with Crippen LogP contribution >= 0.6 is 0 Å². The van der Waals surface area contributed by atoms with Crippen LogP contribution in [0.3, 0.4) is 0 Å². The van der Waals surface area contributed by atoms with Crippen molar-refractivity contribution in [3.63, 3.8) is 0 Å². The fourth-order valence-electron chi connectivity index (χ4n) is 2.07. The molecule has 2 N–H and O–H groups in total. The minimum atomic E-state index is -0.665. The molecule has 1 aliphatic rings. The molecule has 1 heterocycles. The van der Waals surface area contributed by atoms with E-state index in [2.05, 4.69) is 5.32 Å². The number of carbonyl (C=O) groups is 2. The minimum Gasteiger partial charge on any atom is -0.394 e. The summed E-state index contributed by atoms with van der Waals surface area (Å²) >= 11 is 0. The van der Waals surface area contributed by atoms with Crippen LogP contribution in [0.5, 0.6) is 0 Å². The number of rotatable bonds is 6. The maximum atomic E-state index is 12.0. The zero-order chi connectivity index (χ0) is 15.1. The number of allylic oxidation sites excluding steroid dienone is 1. The van der Waals surface area contributed by atoms with Gasteiger partial charge in [0.25, 0.3) is 0 Å². The van der Waals surface area contributed by atoms with Crippen molar-refractivity contribution >= 4 is 12.3 Å². The van der Waals surface area contributed by atoms with Gasteiger partial charge in [-0.2, -0.15) is 0 Å². The van der Waals surface area contributed by atoms with Gasteiger partial charge >= 0.3 is 6.03 Å². The Morgan fingerprint density at radius 2 is 2.30 bits per heavy atom. The van der Waals surface area contributed by atoms with Crippen LogP contribution in [0.15, 0.2) is 11.8 Å². The van der Waals surface area contributed by atoms with E-state index < -0.39 is 12.3 Å². The molecular formula is C13H22N2O5. The molecule has 0 aromatic heterocycles. The smallest absolute Gasteiger partial charge is 0.323 e. The molecule has 2 amide bonds. The SMILES string of the molecule is CCO[C@@H]1C[C@@H](CO)O[C@H]1N(/C=C(/C)C=O)C(=O)NC. The second-order valence-electron chi connectivity index (χ2n) is 4.51. The summed E-state index contributed by atoms with van der Waals surface area (Å²) in [5.41, 5.74) is 0.389. The first-order chi connectivity index (χ1) is 9.57. The molecule has 0 aliphatic carbocycles. The molecule has 1 saturated heterocycles. The number of aliphatic hydroxyl groups excluding tert-OH is 1. The number of aldehydes is 1. The number of hydrogen-bond donors (Lipinski definition) is 2. The normalized spacial score (nSPS) is 26.4. The molecular weight excluding hydrogens is 264 g/mol. The van der Waals surface area contributed by atoms with E-state index in [1.807, 2.05) is 6.92 Å². The van der Waals surface area contributed by atoms with Crippen molar-refractivity contribution < 1.29 is 24.2 Å². The average Bonchev–Trinajstić information content (AvgIpc) is 2.87. The molecule has 7 heteroatoms. The van der Waals surface area contributed by atoms with Crippen molar-refractivity contribution in [3.05, 3.63) is 11.8 Å². The van der Waals surface area contributed by atoms with Crippen LogP contribution in [0.4, 0.5) is 4.79 Å². The Hall–Kier alpha value is -1.44. The highest BCUT2D eigenvalue weighted by atomic mass is 16.6. The first kappa shape index (κ1) is 16.6. The Balaban J connectivity index is 2.97. The molecule has 3 atom stereocenters. The van der Waals surface area contributed by atoms with E-state index in [1.165, 1.54) is 18.1 Å². The Kier molecular flexibility index (Phi) is 6.63. The zero-order valence-corrected chi connectivity index (χ0v) is 12.0. The van der Waals surface area contributed by atoms with Crippen molar-refractivity contribution in [1.82, 2.24) is 10.2 Å². The first-order valence-corrected chi connectivity index (χ1v) is 6.58. The fourth-order valence-corrected chi connectivity index (χ4v) is 2.07. The van der Waals surface area contributed by atoms with Crippen LogP contribution in [-0.2, 0) is 14.3 Å². The molecule has 0 aromatic rings. The second-order valence-corrected chi connectivity index (χ2v) is 4.51. The minimum absolute atomic E-state index is 0.141. The summed E-state index contributed by atoms with van der Waals surface area (Å²) in [5, 5.41) is 11.7. The van der Waals surface area contributed by atoms with Gasteiger partial charge in [0.15, 0.2) is 6.23 Å². The summed E-state index contributed by atoms with van der Waals surface area (Å²) in [6.45, 7) is 3.77. The molecule has 0 radical (unpaired) electrons. The third-order valence-electron chi connectivity index (χ3n) is 2.98. The van der Waals surface area contributed by atoms with Crippen LogP contribution in [0.25, 0.3) is 0 Å². The van der Waals surface area contributed by atoms with E-state index in [0.717, 1.165) is 0 Å². The van der Waals surface area contributed by atoms with Gasteiger partial charge in [-0.15, -0.1) is 0 Å². The fraction of sp³-hybridized carbons (Fsp3) is 0.692. The topological polar surface area (TPSA) is 88.1 Å². The van der Waals surface area contributed by atoms with Gasteiger partial charge in [-0.1, -0.05) is 0 Å². The van der Waals surface area contributed by atoms with Gasteiger partial charge in [-0.25, -0.2) is 4.79 Å². The van der Waals surface area contributed by atoms with Gasteiger partial charge in [0, 0.05) is 31.8 Å². The summed E-state index contributed by atoms with van der Waals surface area (Å²) < 4.78 is 11.2. The number of aliphatic hydroxyl groups is 1. The molecule has 0 bridgehead atoms. The summed E-state index contributed by atoms with van der Waals surface area (Å²) in [7, 11) is 1.49. The summed E-state index contributed by atoms with van der Waals surface area (Å²) in [4.78, 5) is 24.0. The first-order valence-electron chi connectivity index (χ1n) is 6.58. The molecule has 0 spiro atoms. The number of nitrogens with zero attached hydrogens (tertiary/aromatic N) is 1. The number of amides is 2. The van der Waals surface area contributed by atoms with Crippen LogP contribution in [0.2, 0.25) is 0 Å². The van der Waals surface area contributed by atoms with Crippen molar-refractivity contribution in [3.8, 4) is 0 Å². The van der Waals surface area contributed by atoms with Crippen LogP contribution in [-0.4, -0.2) is 61.0 Å². The van der Waals surface area contributed by atoms with Crippen LogP contribution in [0, 0.1) is 0 Å². The summed E-state index contributed by atoms with van der Waals surface area (Å²) in [5.74, 6) is 0. The van der Waals surface area contributed by atoms with Crippen molar-refractivity contribution in [2.75, 3.05) is 20.3 Å². The van der Waals surface area contributed by atoms with Gasteiger partial charge in [0.2, 0.25) is 0 Å². The van der Waals surface area contributed by atoms with Crippen molar-refractivity contribution in [1.29, 1.82) is 0 Å².